The van der Waals surface area contributed by atoms with E-state index in [2.05, 4.69) is 50.4 Å². The van der Waals surface area contributed by atoms with Crippen molar-refractivity contribution in [3.63, 3.8) is 0 Å². The number of hydrogen-bond donors (Lipinski definition) is 3. The van der Waals surface area contributed by atoms with E-state index in [9.17, 15) is 4.79 Å². The highest BCUT2D eigenvalue weighted by Gasteiger charge is 2.50. The molecule has 0 bridgehead atoms. The van der Waals surface area contributed by atoms with Crippen LogP contribution in [-0.2, 0) is 4.43 Å². The van der Waals surface area contributed by atoms with Crippen molar-refractivity contribution in [1.82, 2.24) is 5.32 Å². The molecule has 1 amide bonds. The average molecular weight is 387 g/mol. The fraction of sp³-hybridized carbons (Fsp3) is 0.381. The summed E-state index contributed by atoms with van der Waals surface area (Å²) in [5.74, 6) is 0. The smallest absolute Gasteiger partial charge is 0.404 e. The molecular weight excluding hydrogens is 356 g/mol. The van der Waals surface area contributed by atoms with Crippen LogP contribution < -0.4 is 21.4 Å². The van der Waals surface area contributed by atoms with E-state index in [0.29, 0.717) is 13.0 Å². The molecule has 5 nitrogen and oxygen atoms in total. The maximum Gasteiger partial charge on any atom is 0.404 e. The van der Waals surface area contributed by atoms with Crippen LogP contribution in [0.3, 0.4) is 0 Å². The maximum atomic E-state index is 11.1. The summed E-state index contributed by atoms with van der Waals surface area (Å²) < 4.78 is 6.74. The first-order valence-electron chi connectivity index (χ1n) is 9.26. The SMILES string of the molecule is CC(C)(C)[Si](OCC(CCN)NC(=O)O)(c1ccccc1)c1ccccc1. The predicted molar refractivity (Wildman–Crippen MR) is 112 cm³/mol. The fourth-order valence-electron chi connectivity index (χ4n) is 3.56. The number of hydrogen-bond acceptors (Lipinski definition) is 3. The van der Waals surface area contributed by atoms with Crippen molar-refractivity contribution < 1.29 is 14.3 Å². The van der Waals surface area contributed by atoms with Crippen LogP contribution in [0, 0.1) is 0 Å². The van der Waals surface area contributed by atoms with Crippen molar-refractivity contribution in [2.45, 2.75) is 38.3 Å². The summed E-state index contributed by atoms with van der Waals surface area (Å²) in [4.78, 5) is 11.1. The van der Waals surface area contributed by atoms with E-state index in [0.717, 1.165) is 0 Å². The monoisotopic (exact) mass is 386 g/mol. The van der Waals surface area contributed by atoms with Crippen LogP contribution in [0.1, 0.15) is 27.2 Å². The highest BCUT2D eigenvalue weighted by molar-refractivity contribution is 6.99. The van der Waals surface area contributed by atoms with Gasteiger partial charge in [-0.2, -0.15) is 0 Å². The predicted octanol–water partition coefficient (Wildman–Crippen LogP) is 2.55. The van der Waals surface area contributed by atoms with Crippen LogP contribution >= 0.6 is 0 Å². The van der Waals surface area contributed by atoms with Gasteiger partial charge >= 0.3 is 6.09 Å². The molecule has 0 saturated heterocycles. The quantitative estimate of drug-likeness (QED) is 0.609. The minimum Gasteiger partial charge on any atom is -0.465 e. The van der Waals surface area contributed by atoms with Gasteiger partial charge in [0, 0.05) is 0 Å². The molecule has 0 aromatic heterocycles. The summed E-state index contributed by atoms with van der Waals surface area (Å²) in [5.41, 5.74) is 5.68. The van der Waals surface area contributed by atoms with Crippen molar-refractivity contribution in [3.05, 3.63) is 60.7 Å². The molecule has 2 rings (SSSR count). The highest BCUT2D eigenvalue weighted by Crippen LogP contribution is 2.36. The number of nitrogens with two attached hydrogens (primary N) is 1. The maximum absolute atomic E-state index is 11.1. The molecule has 0 aliphatic heterocycles. The van der Waals surface area contributed by atoms with E-state index in [1.165, 1.54) is 10.4 Å². The molecule has 1 unspecified atom stereocenters. The Balaban J connectivity index is 2.50. The Hall–Kier alpha value is -2.15. The van der Waals surface area contributed by atoms with Gasteiger partial charge in [-0.1, -0.05) is 81.4 Å². The van der Waals surface area contributed by atoms with E-state index in [1.807, 2.05) is 36.4 Å². The van der Waals surface area contributed by atoms with Crippen molar-refractivity contribution in [1.29, 1.82) is 0 Å². The van der Waals surface area contributed by atoms with Gasteiger partial charge in [-0.25, -0.2) is 4.79 Å². The zero-order valence-corrected chi connectivity index (χ0v) is 17.3. The molecule has 0 aliphatic rings. The second-order valence-electron chi connectivity index (χ2n) is 7.70. The number of benzene rings is 2. The van der Waals surface area contributed by atoms with Gasteiger partial charge in [0.2, 0.25) is 0 Å². The van der Waals surface area contributed by atoms with E-state index < -0.39 is 14.4 Å². The van der Waals surface area contributed by atoms with Crippen LogP contribution in [0.4, 0.5) is 4.79 Å². The molecule has 2 aromatic carbocycles. The fourth-order valence-corrected chi connectivity index (χ4v) is 8.17. The normalized spacial score (nSPS) is 13.2. The second kappa shape index (κ2) is 9.17. The third-order valence-corrected chi connectivity index (χ3v) is 9.77. The van der Waals surface area contributed by atoms with Gasteiger partial charge in [-0.15, -0.1) is 0 Å². The zero-order chi connectivity index (χ0) is 19.9. The van der Waals surface area contributed by atoms with Gasteiger partial charge < -0.3 is 20.6 Å². The van der Waals surface area contributed by atoms with E-state index in [1.54, 1.807) is 0 Å². The summed E-state index contributed by atoms with van der Waals surface area (Å²) in [6.45, 7) is 7.27. The van der Waals surface area contributed by atoms with Crippen molar-refractivity contribution in [2.75, 3.05) is 13.2 Å². The minimum atomic E-state index is -2.67. The first-order valence-corrected chi connectivity index (χ1v) is 11.2. The molecule has 0 aliphatic carbocycles. The summed E-state index contributed by atoms with van der Waals surface area (Å²) >= 11 is 0. The number of carbonyl (C=O) groups is 1. The van der Waals surface area contributed by atoms with Gasteiger partial charge in [-0.3, -0.25) is 0 Å². The Morgan fingerprint density at radius 3 is 1.93 bits per heavy atom. The molecule has 0 saturated carbocycles. The van der Waals surface area contributed by atoms with Gasteiger partial charge in [0.25, 0.3) is 8.32 Å². The molecule has 0 spiro atoms. The molecular formula is C21H30N2O3Si. The Labute approximate surface area is 162 Å². The van der Waals surface area contributed by atoms with Crippen molar-refractivity contribution >= 4 is 24.8 Å². The van der Waals surface area contributed by atoms with Crippen LogP contribution in [-0.4, -0.2) is 38.7 Å². The van der Waals surface area contributed by atoms with Crippen molar-refractivity contribution in [2.24, 2.45) is 5.73 Å². The van der Waals surface area contributed by atoms with Gasteiger partial charge in [0.15, 0.2) is 0 Å². The number of nitrogens with one attached hydrogen (secondary N) is 1. The third-order valence-electron chi connectivity index (χ3n) is 4.76. The van der Waals surface area contributed by atoms with Crippen LogP contribution in [0.25, 0.3) is 0 Å². The molecule has 0 fully saturated rings. The first kappa shape index (κ1) is 21.2. The largest absolute Gasteiger partial charge is 0.465 e. The minimum absolute atomic E-state index is 0.147. The standard InChI is InChI=1S/C21H30N2O3Si/c1-21(2,3)27(18-10-6-4-7-11-18,19-12-8-5-9-13-19)26-16-17(14-15-22)23-20(24)25/h4-13,17,23H,14-16,22H2,1-3H3,(H,24,25). The second-order valence-corrected chi connectivity index (χ2v) is 12.0. The lowest BCUT2D eigenvalue weighted by Gasteiger charge is -2.43. The summed E-state index contributed by atoms with van der Waals surface area (Å²) in [7, 11) is -2.67. The molecule has 6 heteroatoms. The van der Waals surface area contributed by atoms with Crippen LogP contribution in [0.5, 0.6) is 0 Å². The molecule has 2 aromatic rings. The molecule has 1 atom stereocenters. The van der Waals surface area contributed by atoms with Crippen molar-refractivity contribution in [3.8, 4) is 0 Å². The van der Waals surface area contributed by atoms with Crippen LogP contribution in [0.15, 0.2) is 60.7 Å². The molecule has 27 heavy (non-hydrogen) atoms. The Morgan fingerprint density at radius 2 is 1.56 bits per heavy atom. The lowest BCUT2D eigenvalue weighted by molar-refractivity contribution is 0.178. The molecule has 4 N–H and O–H groups in total. The highest BCUT2D eigenvalue weighted by atomic mass is 28.4. The molecule has 0 radical (unpaired) electrons. The molecule has 0 heterocycles. The average Bonchev–Trinajstić information content (AvgIpc) is 2.62. The van der Waals surface area contributed by atoms with Gasteiger partial charge in [0.1, 0.15) is 0 Å². The summed E-state index contributed by atoms with van der Waals surface area (Å²) in [6, 6.07) is 20.3. The third kappa shape index (κ3) is 4.97. The number of rotatable bonds is 8. The Morgan fingerprint density at radius 1 is 1.07 bits per heavy atom. The zero-order valence-electron chi connectivity index (χ0n) is 16.3. The Kier molecular flexibility index (Phi) is 7.18. The lowest BCUT2D eigenvalue weighted by Crippen LogP contribution is -2.67. The number of amides is 1. The summed E-state index contributed by atoms with van der Waals surface area (Å²) in [5, 5.41) is 13.9. The van der Waals surface area contributed by atoms with E-state index in [4.69, 9.17) is 15.3 Å². The van der Waals surface area contributed by atoms with Crippen LogP contribution in [0.2, 0.25) is 5.04 Å². The number of carboxylic acid groups (broad SMARTS) is 1. The van der Waals surface area contributed by atoms with E-state index in [-0.39, 0.29) is 17.7 Å². The van der Waals surface area contributed by atoms with Gasteiger partial charge in [-0.05, 0) is 28.4 Å². The first-order chi connectivity index (χ1) is 12.8. The summed E-state index contributed by atoms with van der Waals surface area (Å²) in [6.07, 6.45) is -0.524. The lowest BCUT2D eigenvalue weighted by atomic mass is 10.2. The Bertz CT molecular complexity index is 678. The van der Waals surface area contributed by atoms with E-state index >= 15 is 0 Å². The topological polar surface area (TPSA) is 84.6 Å². The molecule has 146 valence electrons. The van der Waals surface area contributed by atoms with Gasteiger partial charge in [0.05, 0.1) is 12.6 Å².